The van der Waals surface area contributed by atoms with Gasteiger partial charge in [-0.1, -0.05) is 77.2 Å². The summed E-state index contributed by atoms with van der Waals surface area (Å²) in [5, 5.41) is 6.83. The van der Waals surface area contributed by atoms with E-state index in [-0.39, 0.29) is 47.8 Å². The predicted molar refractivity (Wildman–Crippen MR) is 323 cm³/mol. The SMILES string of the molecule is COCCOCCOCCN(CC(C)(C)SSCCCC(=O)NC1CCCCC1)c1cc(COc2cc3c(cc2OC)C(=O)N2c4ccccc4CC2C=N3)cc(COc2cc3c(cc2OC)C(=O)N2c4ccccc4CC2CN3)c1. The van der Waals surface area contributed by atoms with Crippen LogP contribution in [0.1, 0.15) is 102 Å². The first-order valence-electron chi connectivity index (χ1n) is 28.4. The molecule has 2 atom stereocenters. The third-order valence-corrected chi connectivity index (χ3v) is 18.8. The Hall–Kier alpha value is -6.44. The van der Waals surface area contributed by atoms with Gasteiger partial charge in [0, 0.05) is 91.5 Å². The third-order valence-electron chi connectivity index (χ3n) is 15.4. The molecule has 5 aromatic rings. The molecule has 430 valence electrons. The van der Waals surface area contributed by atoms with Gasteiger partial charge in [-0.3, -0.25) is 24.3 Å². The number of hydrogen-bond donors (Lipinski definition) is 2. The largest absolute Gasteiger partial charge is 0.493 e. The molecule has 4 aliphatic heterocycles. The summed E-state index contributed by atoms with van der Waals surface area (Å²) in [4.78, 5) is 52.3. The van der Waals surface area contributed by atoms with Crippen LogP contribution < -0.4 is 44.3 Å². The Bertz CT molecular complexity index is 3060. The molecule has 3 amide bonds. The standard InChI is InChI=1S/C63H76N6O10S2/c1-63(2,81-80-27-13-20-60(70)66-46-16-7-6-8-17-46)41-67(21-22-76-25-26-77-24-23-73-3)47-29-42(39-78-58-35-52-50(33-56(58)74-4)61(71)68-48(37-64-52)31-44-14-9-11-18-54(44)68)28-43(30-47)40-79-59-36-53-51(34-57(59)75-5)62(72)69-49(38-65-53)32-45-15-10-12-19-55(45)69/h9-12,14-15,18-19,28-30,33-37,46,48-49,65H,6-8,13,16-17,20-27,31-32,38-41H2,1-5H3,(H,66,70). The molecule has 2 N–H and O–H groups in total. The lowest BCUT2D eigenvalue weighted by Gasteiger charge is -2.34. The fraction of sp³-hybridized carbons (Fsp3) is 0.460. The quantitative estimate of drug-likeness (QED) is 0.0377. The molecular formula is C63H76N6O10S2. The van der Waals surface area contributed by atoms with Gasteiger partial charge in [-0.25, -0.2) is 0 Å². The molecule has 4 heterocycles. The molecule has 0 spiro atoms. The molecule has 0 radical (unpaired) electrons. The Labute approximate surface area is 484 Å². The van der Waals surface area contributed by atoms with Crippen molar-refractivity contribution in [3.63, 3.8) is 0 Å². The van der Waals surface area contributed by atoms with E-state index in [1.54, 1.807) is 50.3 Å². The maximum atomic E-state index is 14.3. The van der Waals surface area contributed by atoms with Gasteiger partial charge in [0.2, 0.25) is 5.91 Å². The fourth-order valence-corrected chi connectivity index (χ4v) is 14.1. The molecule has 18 heteroatoms. The van der Waals surface area contributed by atoms with Crippen LogP contribution >= 0.6 is 21.6 Å². The number of fused-ring (bicyclic) bond motifs is 8. The summed E-state index contributed by atoms with van der Waals surface area (Å²) in [6, 6.07) is 29.7. The van der Waals surface area contributed by atoms with Gasteiger partial charge in [0.15, 0.2) is 23.0 Å². The van der Waals surface area contributed by atoms with Crippen molar-refractivity contribution in [2.24, 2.45) is 4.99 Å². The normalized spacial score (nSPS) is 17.2. The number of para-hydroxylation sites is 2. The molecular weight excluding hydrogens is 1060 g/mol. The molecule has 1 saturated carbocycles. The summed E-state index contributed by atoms with van der Waals surface area (Å²) in [6.07, 6.45) is 10.4. The van der Waals surface area contributed by atoms with Crippen LogP contribution in [0, 0.1) is 0 Å². The molecule has 2 unspecified atom stereocenters. The minimum atomic E-state index is -0.234. The average Bonchev–Trinajstić information content (AvgIpc) is 3.99. The highest BCUT2D eigenvalue weighted by molar-refractivity contribution is 8.77. The summed E-state index contributed by atoms with van der Waals surface area (Å²) in [7, 11) is 8.45. The van der Waals surface area contributed by atoms with E-state index in [0.29, 0.717) is 117 Å². The van der Waals surface area contributed by atoms with Crippen LogP contribution in [0.3, 0.4) is 0 Å². The molecule has 1 fully saturated rings. The van der Waals surface area contributed by atoms with E-state index in [9.17, 15) is 14.4 Å². The number of nitrogens with zero attached hydrogens (tertiary/aromatic N) is 4. The van der Waals surface area contributed by atoms with Crippen molar-refractivity contribution in [3.8, 4) is 23.0 Å². The van der Waals surface area contributed by atoms with Crippen molar-refractivity contribution in [2.75, 3.05) is 99.8 Å². The first-order valence-corrected chi connectivity index (χ1v) is 30.7. The van der Waals surface area contributed by atoms with Crippen molar-refractivity contribution < 1.29 is 47.5 Å². The van der Waals surface area contributed by atoms with Gasteiger partial charge in [0.25, 0.3) is 11.8 Å². The van der Waals surface area contributed by atoms with Crippen LogP contribution in [-0.4, -0.2) is 127 Å². The number of rotatable bonds is 27. The number of aliphatic imine (C=N–C) groups is 1. The van der Waals surface area contributed by atoms with Crippen LogP contribution in [0.2, 0.25) is 0 Å². The number of amides is 3. The first kappa shape index (κ1) is 57.8. The molecule has 10 rings (SSSR count). The van der Waals surface area contributed by atoms with Crippen LogP contribution in [0.15, 0.2) is 96.0 Å². The number of anilines is 4. The van der Waals surface area contributed by atoms with Gasteiger partial charge in [-0.05, 0) is 104 Å². The zero-order valence-electron chi connectivity index (χ0n) is 47.3. The van der Waals surface area contributed by atoms with Crippen LogP contribution in [0.5, 0.6) is 23.0 Å². The molecule has 5 aromatic carbocycles. The lowest BCUT2D eigenvalue weighted by atomic mass is 9.95. The lowest BCUT2D eigenvalue weighted by Crippen LogP contribution is -2.39. The first-order chi connectivity index (χ1) is 39.5. The van der Waals surface area contributed by atoms with E-state index in [2.05, 4.69) is 59.7 Å². The molecule has 0 saturated heterocycles. The minimum Gasteiger partial charge on any atom is -0.493 e. The van der Waals surface area contributed by atoms with Crippen molar-refractivity contribution in [3.05, 3.63) is 124 Å². The number of hydrogen-bond acceptors (Lipinski definition) is 15. The van der Waals surface area contributed by atoms with E-state index in [1.165, 1.54) is 19.3 Å². The van der Waals surface area contributed by atoms with Gasteiger partial charge >= 0.3 is 0 Å². The highest BCUT2D eigenvalue weighted by atomic mass is 33.1. The molecule has 0 bridgehead atoms. The molecule has 81 heavy (non-hydrogen) atoms. The van der Waals surface area contributed by atoms with Gasteiger partial charge in [-0.15, -0.1) is 0 Å². The number of benzene rings is 5. The summed E-state index contributed by atoms with van der Waals surface area (Å²) in [6.45, 7) is 8.99. The van der Waals surface area contributed by atoms with Crippen LogP contribution in [0.25, 0.3) is 0 Å². The minimum absolute atomic E-state index is 0.0219. The molecule has 16 nitrogen and oxygen atoms in total. The van der Waals surface area contributed by atoms with E-state index in [0.717, 1.165) is 70.8 Å². The topological polar surface area (TPSA) is 162 Å². The summed E-state index contributed by atoms with van der Waals surface area (Å²) < 4.78 is 42.1. The number of methoxy groups -OCH3 is 3. The Morgan fingerprint density at radius 3 is 2.10 bits per heavy atom. The summed E-state index contributed by atoms with van der Waals surface area (Å²) >= 11 is 0. The van der Waals surface area contributed by atoms with Crippen molar-refractivity contribution in [1.29, 1.82) is 0 Å². The number of carbonyl (C=O) groups is 3. The van der Waals surface area contributed by atoms with E-state index in [4.69, 9.17) is 38.2 Å². The number of nitrogens with one attached hydrogen (secondary N) is 2. The van der Waals surface area contributed by atoms with Gasteiger partial charge in [0.1, 0.15) is 13.2 Å². The zero-order valence-corrected chi connectivity index (χ0v) is 48.9. The van der Waals surface area contributed by atoms with Crippen LogP contribution in [-0.2, 0) is 45.1 Å². The maximum Gasteiger partial charge on any atom is 0.261 e. The van der Waals surface area contributed by atoms with Gasteiger partial charge < -0.3 is 53.6 Å². The van der Waals surface area contributed by atoms with Gasteiger partial charge in [0.05, 0.1) is 81.8 Å². The highest BCUT2D eigenvalue weighted by Crippen LogP contribution is 2.44. The lowest BCUT2D eigenvalue weighted by molar-refractivity contribution is -0.122. The Kier molecular flexibility index (Phi) is 19.3. The van der Waals surface area contributed by atoms with Gasteiger partial charge in [-0.2, -0.15) is 0 Å². The van der Waals surface area contributed by atoms with Crippen molar-refractivity contribution >= 4 is 74.0 Å². The van der Waals surface area contributed by atoms with E-state index < -0.39 is 0 Å². The summed E-state index contributed by atoms with van der Waals surface area (Å²) in [5.41, 5.74) is 8.94. The number of ether oxygens (including phenoxy) is 7. The number of carbonyl (C=O) groups excluding carboxylic acids is 3. The monoisotopic (exact) mass is 1140 g/mol. The third kappa shape index (κ3) is 14.1. The zero-order chi connectivity index (χ0) is 56.3. The van der Waals surface area contributed by atoms with E-state index >= 15 is 0 Å². The van der Waals surface area contributed by atoms with Crippen molar-refractivity contribution in [1.82, 2.24) is 5.32 Å². The summed E-state index contributed by atoms with van der Waals surface area (Å²) in [5.74, 6) is 2.60. The highest BCUT2D eigenvalue weighted by Gasteiger charge is 2.39. The fourth-order valence-electron chi connectivity index (χ4n) is 11.5. The second kappa shape index (κ2) is 27.1. The van der Waals surface area contributed by atoms with Crippen LogP contribution in [0.4, 0.5) is 28.4 Å². The predicted octanol–water partition coefficient (Wildman–Crippen LogP) is 11.0. The second-order valence-corrected chi connectivity index (χ2v) is 25.0. The second-order valence-electron chi connectivity index (χ2n) is 21.9. The van der Waals surface area contributed by atoms with E-state index in [1.807, 2.05) is 69.3 Å². The molecule has 1 aliphatic carbocycles. The molecule has 0 aromatic heterocycles. The Morgan fingerprint density at radius 1 is 0.741 bits per heavy atom. The smallest absolute Gasteiger partial charge is 0.261 e. The Morgan fingerprint density at radius 2 is 1.38 bits per heavy atom. The van der Waals surface area contributed by atoms with Crippen molar-refractivity contribution in [2.45, 2.75) is 108 Å². The average molecular weight is 1140 g/mol. The maximum absolute atomic E-state index is 14.3. The molecule has 5 aliphatic rings. The Balaban J connectivity index is 0.907.